The summed E-state index contributed by atoms with van der Waals surface area (Å²) in [4.78, 5) is 10.3. The minimum Gasteiger partial charge on any atom is -0.514 e. The highest BCUT2D eigenvalue weighted by molar-refractivity contribution is 5.68. The summed E-state index contributed by atoms with van der Waals surface area (Å²) < 4.78 is 4.43. The van der Waals surface area contributed by atoms with E-state index in [0.29, 0.717) is 6.61 Å². The minimum absolute atomic E-state index is 0.325. The fraction of sp³-hybridized carbons (Fsp3) is 0.400. The number of hydrogen-bond donors (Lipinski definition) is 2. The monoisotopic (exact) mass is 131 g/mol. The van der Waals surface area contributed by atoms with Crippen molar-refractivity contribution in [1.29, 1.82) is 0 Å². The van der Waals surface area contributed by atoms with E-state index in [2.05, 4.69) is 10.1 Å². The maximum Gasteiger partial charge on any atom is 0.411 e. The normalized spacial score (nSPS) is 9.44. The van der Waals surface area contributed by atoms with Crippen LogP contribution in [0.1, 0.15) is 6.92 Å². The zero-order chi connectivity index (χ0) is 7.11. The van der Waals surface area contributed by atoms with Crippen LogP contribution in [-0.4, -0.2) is 17.8 Å². The Bertz CT molecular complexity index is 111. The summed E-state index contributed by atoms with van der Waals surface area (Å²) in [7, 11) is 0. The van der Waals surface area contributed by atoms with Gasteiger partial charge in [-0.1, -0.05) is 0 Å². The Hall–Kier alpha value is -1.19. The van der Waals surface area contributed by atoms with Gasteiger partial charge in [-0.3, -0.25) is 5.32 Å². The molecule has 0 spiro atoms. The summed E-state index contributed by atoms with van der Waals surface area (Å²) in [5, 5.41) is 10.2. The number of ether oxygens (including phenoxy) is 1. The highest BCUT2D eigenvalue weighted by atomic mass is 16.5. The van der Waals surface area contributed by atoms with E-state index in [-0.39, 0.29) is 0 Å². The smallest absolute Gasteiger partial charge is 0.411 e. The molecule has 0 aromatic rings. The van der Waals surface area contributed by atoms with Crippen LogP contribution in [0.2, 0.25) is 0 Å². The van der Waals surface area contributed by atoms with Gasteiger partial charge in [0.05, 0.1) is 12.9 Å². The molecule has 0 saturated heterocycles. The highest BCUT2D eigenvalue weighted by Crippen LogP contribution is 1.74. The lowest BCUT2D eigenvalue weighted by Gasteiger charge is -1.97. The van der Waals surface area contributed by atoms with Crippen molar-refractivity contribution in [2.75, 3.05) is 6.61 Å². The lowest BCUT2D eigenvalue weighted by atomic mass is 10.8. The molecular formula is C5H9NO3. The van der Waals surface area contributed by atoms with E-state index in [0.717, 1.165) is 12.5 Å². The maximum atomic E-state index is 10.3. The van der Waals surface area contributed by atoms with Gasteiger partial charge in [0, 0.05) is 6.20 Å². The van der Waals surface area contributed by atoms with E-state index in [1.165, 1.54) is 0 Å². The Morgan fingerprint density at radius 3 is 3.00 bits per heavy atom. The molecule has 2 N–H and O–H groups in total. The predicted molar refractivity (Wildman–Crippen MR) is 31.9 cm³/mol. The largest absolute Gasteiger partial charge is 0.514 e. The number of carbonyl (C=O) groups is 1. The van der Waals surface area contributed by atoms with Crippen molar-refractivity contribution >= 4 is 6.09 Å². The van der Waals surface area contributed by atoms with Crippen LogP contribution < -0.4 is 5.32 Å². The molecule has 4 heteroatoms. The molecule has 0 radical (unpaired) electrons. The first-order valence-corrected chi connectivity index (χ1v) is 2.53. The number of hydrogen-bond acceptors (Lipinski definition) is 3. The molecule has 0 saturated carbocycles. The van der Waals surface area contributed by atoms with E-state index in [9.17, 15) is 4.79 Å². The molecule has 0 aliphatic heterocycles. The Morgan fingerprint density at radius 1 is 1.89 bits per heavy atom. The zero-order valence-corrected chi connectivity index (χ0v) is 5.13. The highest BCUT2D eigenvalue weighted by Gasteiger charge is 1.92. The second kappa shape index (κ2) is 4.96. The molecule has 0 heterocycles. The third kappa shape index (κ3) is 4.67. The number of nitrogens with one attached hydrogen (secondary N) is 1. The zero-order valence-electron chi connectivity index (χ0n) is 5.13. The van der Waals surface area contributed by atoms with Crippen molar-refractivity contribution in [3.05, 3.63) is 12.5 Å². The first kappa shape index (κ1) is 7.81. The van der Waals surface area contributed by atoms with Gasteiger partial charge >= 0.3 is 6.09 Å². The Kier molecular flexibility index (Phi) is 4.30. The molecule has 1 amide bonds. The van der Waals surface area contributed by atoms with Crippen LogP contribution in [0.25, 0.3) is 0 Å². The number of rotatable bonds is 2. The summed E-state index contributed by atoms with van der Waals surface area (Å²) >= 11 is 0. The summed E-state index contributed by atoms with van der Waals surface area (Å²) in [5.74, 6) is 0. The van der Waals surface area contributed by atoms with Gasteiger partial charge in [0.1, 0.15) is 0 Å². The van der Waals surface area contributed by atoms with Crippen LogP contribution in [0.4, 0.5) is 4.79 Å². The molecule has 0 aliphatic rings. The van der Waals surface area contributed by atoms with Gasteiger partial charge in [-0.25, -0.2) is 4.79 Å². The number of alkyl carbamates (subject to hydrolysis) is 1. The van der Waals surface area contributed by atoms with Crippen molar-refractivity contribution in [3.63, 3.8) is 0 Å². The van der Waals surface area contributed by atoms with E-state index in [1.807, 2.05) is 0 Å². The maximum absolute atomic E-state index is 10.3. The van der Waals surface area contributed by atoms with E-state index in [4.69, 9.17) is 5.11 Å². The predicted octanol–water partition coefficient (Wildman–Crippen LogP) is 0.762. The molecule has 4 nitrogen and oxygen atoms in total. The van der Waals surface area contributed by atoms with Crippen molar-refractivity contribution < 1.29 is 14.6 Å². The SMILES string of the molecule is CCOC(=O)NC=CO. The fourth-order valence-corrected chi connectivity index (χ4v) is 0.278. The number of carbonyl (C=O) groups excluding carboxylic acids is 1. The molecule has 0 unspecified atom stereocenters. The topological polar surface area (TPSA) is 58.6 Å². The fourth-order valence-electron chi connectivity index (χ4n) is 0.278. The molecular weight excluding hydrogens is 122 g/mol. The number of amides is 1. The van der Waals surface area contributed by atoms with Crippen LogP contribution in [0, 0.1) is 0 Å². The second-order valence-electron chi connectivity index (χ2n) is 1.18. The summed E-state index contributed by atoms with van der Waals surface area (Å²) in [6.07, 6.45) is 1.23. The molecule has 9 heavy (non-hydrogen) atoms. The lowest BCUT2D eigenvalue weighted by Crippen LogP contribution is -2.17. The Balaban J connectivity index is 3.27. The molecule has 52 valence electrons. The Labute approximate surface area is 53.1 Å². The average Bonchev–Trinajstić information content (AvgIpc) is 1.85. The van der Waals surface area contributed by atoms with E-state index < -0.39 is 6.09 Å². The van der Waals surface area contributed by atoms with Crippen molar-refractivity contribution in [3.8, 4) is 0 Å². The summed E-state index contributed by atoms with van der Waals surface area (Å²) in [6, 6.07) is 0. The lowest BCUT2D eigenvalue weighted by molar-refractivity contribution is 0.156. The van der Waals surface area contributed by atoms with Crippen molar-refractivity contribution in [2.24, 2.45) is 0 Å². The average molecular weight is 131 g/mol. The first-order valence-electron chi connectivity index (χ1n) is 2.53. The summed E-state index contributed by atoms with van der Waals surface area (Å²) in [5.41, 5.74) is 0. The van der Waals surface area contributed by atoms with E-state index >= 15 is 0 Å². The van der Waals surface area contributed by atoms with E-state index in [1.54, 1.807) is 6.92 Å². The molecule has 0 fully saturated rings. The molecule has 0 aromatic heterocycles. The number of aliphatic hydroxyl groups excluding tert-OH is 1. The van der Waals surface area contributed by atoms with Crippen LogP contribution in [0.3, 0.4) is 0 Å². The van der Waals surface area contributed by atoms with Crippen molar-refractivity contribution in [1.82, 2.24) is 5.32 Å². The quantitative estimate of drug-likeness (QED) is 0.544. The van der Waals surface area contributed by atoms with Crippen LogP contribution >= 0.6 is 0 Å². The van der Waals surface area contributed by atoms with Gasteiger partial charge in [-0.2, -0.15) is 0 Å². The number of aliphatic hydroxyl groups is 1. The van der Waals surface area contributed by atoms with Gasteiger partial charge in [0.2, 0.25) is 0 Å². The van der Waals surface area contributed by atoms with Gasteiger partial charge in [0.15, 0.2) is 0 Å². The first-order chi connectivity index (χ1) is 4.31. The second-order valence-corrected chi connectivity index (χ2v) is 1.18. The van der Waals surface area contributed by atoms with Crippen molar-refractivity contribution in [2.45, 2.75) is 6.92 Å². The molecule has 0 bridgehead atoms. The van der Waals surface area contributed by atoms with Crippen LogP contribution in [-0.2, 0) is 4.74 Å². The third-order valence-corrected chi connectivity index (χ3v) is 0.551. The van der Waals surface area contributed by atoms with Gasteiger partial charge in [-0.15, -0.1) is 0 Å². The van der Waals surface area contributed by atoms with Gasteiger partial charge in [-0.05, 0) is 6.92 Å². The third-order valence-electron chi connectivity index (χ3n) is 0.551. The molecule has 0 aliphatic carbocycles. The molecule has 0 aromatic carbocycles. The summed E-state index contributed by atoms with van der Waals surface area (Å²) in [6.45, 7) is 2.02. The van der Waals surface area contributed by atoms with Gasteiger partial charge in [0.25, 0.3) is 0 Å². The minimum atomic E-state index is -0.567. The van der Waals surface area contributed by atoms with Gasteiger partial charge < -0.3 is 9.84 Å². The van der Waals surface area contributed by atoms with Crippen LogP contribution in [0.15, 0.2) is 12.5 Å². The molecule has 0 rings (SSSR count). The Morgan fingerprint density at radius 2 is 2.56 bits per heavy atom. The van der Waals surface area contributed by atoms with Crippen LogP contribution in [0.5, 0.6) is 0 Å². The molecule has 0 atom stereocenters. The standard InChI is InChI=1S/C5H9NO3/c1-2-9-5(8)6-3-4-7/h3-4,7H,2H2,1H3,(H,6,8).